The summed E-state index contributed by atoms with van der Waals surface area (Å²) in [6.45, 7) is 10.3. The molecule has 12 heteroatoms. The Morgan fingerprint density at radius 1 is 0.515 bits per heavy atom. The maximum absolute atomic E-state index is 13.3. The van der Waals surface area contributed by atoms with Gasteiger partial charge in [0.1, 0.15) is 0 Å². The molecule has 0 bridgehead atoms. The van der Waals surface area contributed by atoms with Gasteiger partial charge in [-0.2, -0.15) is 0 Å². The molecule has 0 heterocycles. The van der Waals surface area contributed by atoms with Gasteiger partial charge in [-0.25, -0.2) is 0 Å². The lowest BCUT2D eigenvalue weighted by molar-refractivity contribution is 0.218. The van der Waals surface area contributed by atoms with E-state index < -0.39 is 41.3 Å². The van der Waals surface area contributed by atoms with Gasteiger partial charge in [0.15, 0.2) is 0 Å². The quantitative estimate of drug-likeness (QED) is 0.185. The lowest BCUT2D eigenvalue weighted by atomic mass is 10.1. The molecule has 0 unspecified atom stereocenters. The van der Waals surface area contributed by atoms with Crippen LogP contribution in [0.5, 0.6) is 0 Å². The van der Waals surface area contributed by atoms with Crippen LogP contribution in [0, 0.1) is 0 Å². The summed E-state index contributed by atoms with van der Waals surface area (Å²) in [7, 11) is -11.3. The van der Waals surface area contributed by atoms with E-state index in [0.717, 1.165) is 0 Å². The Morgan fingerprint density at radius 2 is 0.697 bits per heavy atom. The minimum Gasteiger partial charge on any atom is -0.309 e. The summed E-state index contributed by atoms with van der Waals surface area (Å²) in [4.78, 5) is 0. The number of rotatable bonds is 18. The minimum atomic E-state index is -3.77. The van der Waals surface area contributed by atoms with Gasteiger partial charge < -0.3 is 27.1 Å². The zero-order valence-corrected chi connectivity index (χ0v) is 23.1. The average Bonchev–Trinajstić information content (AvgIpc) is 2.78. The fourth-order valence-electron chi connectivity index (χ4n) is 3.02. The molecule has 0 atom stereocenters. The van der Waals surface area contributed by atoms with Gasteiger partial charge in [-0.3, -0.25) is 13.7 Å². The van der Waals surface area contributed by atoms with Crippen molar-refractivity contribution in [2.75, 3.05) is 39.6 Å². The van der Waals surface area contributed by atoms with Crippen molar-refractivity contribution in [2.24, 2.45) is 0 Å². The van der Waals surface area contributed by atoms with Gasteiger partial charge in [0.25, 0.3) is 0 Å². The normalized spacial score (nSPS) is 14.2. The van der Waals surface area contributed by atoms with Gasteiger partial charge in [-0.1, -0.05) is 18.1 Å². The van der Waals surface area contributed by atoms with Crippen LogP contribution in [0.25, 0.3) is 0 Å². The van der Waals surface area contributed by atoms with Crippen molar-refractivity contribution < 1.29 is 44.9 Å². The molecule has 9 nitrogen and oxygen atoms in total. The van der Waals surface area contributed by atoms with Gasteiger partial charge >= 0.3 is 22.8 Å². The standard InChI is InChI=1S/C21H39O9P3/c1-7-25-31(22,26-8-2)16-19-13-20(17-32(23,27-9-3)28-10-4)15-21(14-19)18-33(24,29-11-5)30-12-6/h13-15H,7-12,16-18H2,1-6H3/i13D,14D,15D. The van der Waals surface area contributed by atoms with Crippen LogP contribution in [0.15, 0.2) is 18.1 Å². The molecule has 0 fully saturated rings. The summed E-state index contributed by atoms with van der Waals surface area (Å²) in [6, 6.07) is -0.970. The van der Waals surface area contributed by atoms with E-state index in [9.17, 15) is 13.7 Å². The number of benzene rings is 1. The van der Waals surface area contributed by atoms with E-state index in [0.29, 0.717) is 0 Å². The van der Waals surface area contributed by atoms with Crippen LogP contribution in [0.3, 0.4) is 0 Å². The van der Waals surface area contributed by atoms with Gasteiger partial charge in [0.2, 0.25) is 0 Å². The third kappa shape index (κ3) is 10.9. The smallest absolute Gasteiger partial charge is 0.309 e. The maximum atomic E-state index is 13.3. The van der Waals surface area contributed by atoms with Crippen molar-refractivity contribution in [3.63, 3.8) is 0 Å². The lowest BCUT2D eigenvalue weighted by Crippen LogP contribution is -2.04. The Labute approximate surface area is 202 Å². The fourth-order valence-corrected chi connectivity index (χ4v) is 7.79. The molecule has 1 rings (SSSR count). The average molecular weight is 531 g/mol. The Hall–Kier alpha value is -0.330. The molecule has 0 aliphatic carbocycles. The second-order valence-corrected chi connectivity index (χ2v) is 12.8. The molecular weight excluding hydrogens is 489 g/mol. The summed E-state index contributed by atoms with van der Waals surface area (Å²) in [5, 5.41) is 0. The first-order valence-electron chi connectivity index (χ1n) is 12.6. The summed E-state index contributed by atoms with van der Waals surface area (Å²) < 4.78 is 98.4. The first-order chi connectivity index (χ1) is 16.9. The second kappa shape index (κ2) is 14.9. The second-order valence-electron chi connectivity index (χ2n) is 6.62. The molecule has 0 spiro atoms. The summed E-state index contributed by atoms with van der Waals surface area (Å²) in [5.41, 5.74) is -0.166. The first-order valence-corrected chi connectivity index (χ1v) is 16.3. The van der Waals surface area contributed by atoms with E-state index in [-0.39, 0.29) is 74.5 Å². The van der Waals surface area contributed by atoms with Crippen LogP contribution in [-0.4, -0.2) is 39.6 Å². The van der Waals surface area contributed by atoms with Crippen LogP contribution in [0.1, 0.15) is 62.3 Å². The first kappa shape index (κ1) is 25.8. The van der Waals surface area contributed by atoms with Crippen molar-refractivity contribution in [1.82, 2.24) is 0 Å². The molecular formula is C21H39O9P3. The van der Waals surface area contributed by atoms with Gasteiger partial charge in [0.05, 0.1) is 62.2 Å². The van der Waals surface area contributed by atoms with Crippen molar-refractivity contribution in [3.8, 4) is 0 Å². The van der Waals surface area contributed by atoms with Crippen molar-refractivity contribution in [3.05, 3.63) is 34.8 Å². The largest absolute Gasteiger partial charge is 0.335 e. The van der Waals surface area contributed by atoms with E-state index in [1.165, 1.54) is 0 Å². The van der Waals surface area contributed by atoms with Crippen LogP contribution < -0.4 is 0 Å². The molecule has 192 valence electrons. The molecule has 33 heavy (non-hydrogen) atoms. The van der Waals surface area contributed by atoms with Crippen LogP contribution in [-0.2, 0) is 59.3 Å². The SMILES string of the molecule is [2H]c1c(CP(=O)(OCC)OCC)c([2H])c(CP(=O)(OCC)OCC)c([2H])c1CP(=O)(OCC)OCC. The summed E-state index contributed by atoms with van der Waals surface area (Å²) in [6.07, 6.45) is -1.31. The monoisotopic (exact) mass is 531 g/mol. The summed E-state index contributed by atoms with van der Waals surface area (Å²) in [5.74, 6) is 0. The summed E-state index contributed by atoms with van der Waals surface area (Å²) >= 11 is 0. The Kier molecular flexibility index (Phi) is 11.7. The third-order valence-corrected chi connectivity index (χ3v) is 9.94. The van der Waals surface area contributed by atoms with Crippen molar-refractivity contribution in [1.29, 1.82) is 0 Å². The highest BCUT2D eigenvalue weighted by Crippen LogP contribution is 2.55. The molecule has 1 aromatic rings. The minimum absolute atomic E-state index is 0.0553. The number of hydrogen-bond acceptors (Lipinski definition) is 9. The molecule has 0 N–H and O–H groups in total. The van der Waals surface area contributed by atoms with Gasteiger partial charge in [-0.15, -0.1) is 0 Å². The zero-order valence-electron chi connectivity index (χ0n) is 23.4. The maximum Gasteiger partial charge on any atom is 0.335 e. The number of hydrogen-bond donors (Lipinski definition) is 0. The molecule has 0 amide bonds. The van der Waals surface area contributed by atoms with E-state index in [2.05, 4.69) is 0 Å². The Balaban J connectivity index is 3.87. The molecule has 0 aliphatic rings. The predicted molar refractivity (Wildman–Crippen MR) is 130 cm³/mol. The van der Waals surface area contributed by atoms with Crippen LogP contribution in [0.2, 0.25) is 0 Å². The highest BCUT2D eigenvalue weighted by molar-refractivity contribution is 7.53. The molecule has 0 aliphatic heterocycles. The van der Waals surface area contributed by atoms with E-state index in [1.807, 2.05) is 0 Å². The van der Waals surface area contributed by atoms with E-state index in [4.69, 9.17) is 31.3 Å². The van der Waals surface area contributed by atoms with E-state index in [1.54, 1.807) is 41.5 Å². The Morgan fingerprint density at radius 3 is 0.848 bits per heavy atom. The molecule has 0 saturated heterocycles. The molecule has 0 saturated carbocycles. The van der Waals surface area contributed by atoms with Crippen molar-refractivity contribution >= 4 is 22.8 Å². The van der Waals surface area contributed by atoms with Gasteiger partial charge in [-0.05, 0) is 58.2 Å². The third-order valence-electron chi connectivity index (χ3n) is 3.92. The Bertz CT molecular complexity index is 832. The van der Waals surface area contributed by atoms with E-state index >= 15 is 0 Å². The lowest BCUT2D eigenvalue weighted by Gasteiger charge is -2.21. The highest BCUT2D eigenvalue weighted by atomic mass is 31.2. The van der Waals surface area contributed by atoms with Crippen LogP contribution in [0.4, 0.5) is 0 Å². The molecule has 0 radical (unpaired) electrons. The van der Waals surface area contributed by atoms with Gasteiger partial charge in [0, 0.05) is 0 Å². The fraction of sp³-hybridized carbons (Fsp3) is 0.714. The van der Waals surface area contributed by atoms with Crippen LogP contribution >= 0.6 is 22.8 Å². The molecule has 0 aromatic heterocycles. The molecule has 1 aromatic carbocycles. The zero-order chi connectivity index (χ0) is 27.6. The predicted octanol–water partition coefficient (Wildman–Crippen LogP) is 6.98. The van der Waals surface area contributed by atoms with Crippen molar-refractivity contribution in [2.45, 2.75) is 60.0 Å². The topological polar surface area (TPSA) is 107 Å². The highest BCUT2D eigenvalue weighted by Gasteiger charge is 2.29.